The van der Waals surface area contributed by atoms with Crippen LogP contribution in [0.3, 0.4) is 0 Å². The molecule has 5 aromatic carbocycles. The van der Waals surface area contributed by atoms with Crippen molar-refractivity contribution in [3.63, 3.8) is 0 Å². The summed E-state index contributed by atoms with van der Waals surface area (Å²) in [5.74, 6) is 0.299. The van der Waals surface area contributed by atoms with Crippen LogP contribution in [-0.4, -0.2) is 5.11 Å². The van der Waals surface area contributed by atoms with Gasteiger partial charge < -0.3 is 10.4 Å². The predicted molar refractivity (Wildman–Crippen MR) is 132 cm³/mol. The van der Waals surface area contributed by atoms with Crippen molar-refractivity contribution in [3.05, 3.63) is 124 Å². The highest BCUT2D eigenvalue weighted by Crippen LogP contribution is 2.39. The van der Waals surface area contributed by atoms with E-state index >= 15 is 0 Å². The number of aromatic hydroxyl groups is 1. The highest BCUT2D eigenvalue weighted by Gasteiger charge is 2.22. The molecule has 31 heavy (non-hydrogen) atoms. The van der Waals surface area contributed by atoms with Gasteiger partial charge in [0, 0.05) is 16.6 Å². The second kappa shape index (κ2) is 8.54. The Hall–Kier alpha value is -3.14. The van der Waals surface area contributed by atoms with Crippen LogP contribution in [0.25, 0.3) is 21.5 Å². The maximum atomic E-state index is 11.0. The number of rotatable bonds is 5. The Morgan fingerprint density at radius 2 is 1.48 bits per heavy atom. The Morgan fingerprint density at radius 3 is 2.35 bits per heavy atom. The summed E-state index contributed by atoms with van der Waals surface area (Å²) in [5.41, 5.74) is 3.26. The summed E-state index contributed by atoms with van der Waals surface area (Å²) >= 11 is 3.57. The molecular weight excluding hydrogens is 446 g/mol. The van der Waals surface area contributed by atoms with Crippen LogP contribution in [0.15, 0.2) is 108 Å². The summed E-state index contributed by atoms with van der Waals surface area (Å²) < 4.78 is 1.02. The monoisotopic (exact) mass is 467 g/mol. The molecule has 0 fully saturated rings. The Kier molecular flexibility index (Phi) is 5.46. The number of hydrogen-bond donors (Lipinski definition) is 2. The van der Waals surface area contributed by atoms with Crippen molar-refractivity contribution in [1.29, 1.82) is 0 Å². The van der Waals surface area contributed by atoms with Crippen molar-refractivity contribution in [1.82, 2.24) is 5.32 Å². The molecule has 0 amide bonds. The van der Waals surface area contributed by atoms with E-state index in [1.807, 2.05) is 18.2 Å². The Morgan fingerprint density at radius 1 is 0.710 bits per heavy atom. The SMILES string of the molecule is Oc1ccc2cc(Br)ccc2c1C(NCc1ccccc1)c1cccc2ccccc12. The number of nitrogens with one attached hydrogen (secondary N) is 1. The zero-order valence-corrected chi connectivity index (χ0v) is 18.5. The fourth-order valence-corrected chi connectivity index (χ4v) is 4.68. The van der Waals surface area contributed by atoms with Crippen molar-refractivity contribution in [2.45, 2.75) is 12.6 Å². The van der Waals surface area contributed by atoms with E-state index in [0.717, 1.165) is 26.4 Å². The third-order valence-corrected chi connectivity index (χ3v) is 6.27. The van der Waals surface area contributed by atoms with Crippen LogP contribution in [0.2, 0.25) is 0 Å². The molecule has 0 spiro atoms. The van der Waals surface area contributed by atoms with E-state index in [1.54, 1.807) is 6.07 Å². The average molecular weight is 468 g/mol. The molecule has 0 saturated heterocycles. The minimum atomic E-state index is -0.170. The van der Waals surface area contributed by atoms with Gasteiger partial charge in [-0.1, -0.05) is 101 Å². The molecule has 1 unspecified atom stereocenters. The van der Waals surface area contributed by atoms with Crippen LogP contribution in [0.5, 0.6) is 5.75 Å². The van der Waals surface area contributed by atoms with Crippen molar-refractivity contribution in [3.8, 4) is 5.75 Å². The maximum absolute atomic E-state index is 11.0. The van der Waals surface area contributed by atoms with Crippen LogP contribution < -0.4 is 5.32 Å². The topological polar surface area (TPSA) is 32.3 Å². The Balaban J connectivity index is 1.71. The second-order valence-electron chi connectivity index (χ2n) is 7.73. The average Bonchev–Trinajstić information content (AvgIpc) is 2.81. The molecule has 0 aliphatic rings. The molecule has 5 rings (SSSR count). The van der Waals surface area contributed by atoms with Gasteiger partial charge in [0.1, 0.15) is 5.75 Å². The van der Waals surface area contributed by atoms with Crippen LogP contribution in [0.4, 0.5) is 0 Å². The fourth-order valence-electron chi connectivity index (χ4n) is 4.30. The van der Waals surface area contributed by atoms with Gasteiger partial charge in [-0.25, -0.2) is 0 Å². The van der Waals surface area contributed by atoms with E-state index in [1.165, 1.54) is 16.3 Å². The highest BCUT2D eigenvalue weighted by atomic mass is 79.9. The second-order valence-corrected chi connectivity index (χ2v) is 8.65. The summed E-state index contributed by atoms with van der Waals surface area (Å²) in [6, 6.07) is 35.0. The highest BCUT2D eigenvalue weighted by molar-refractivity contribution is 9.10. The lowest BCUT2D eigenvalue weighted by atomic mass is 9.89. The molecule has 5 aromatic rings. The molecule has 2 nitrogen and oxygen atoms in total. The molecule has 0 radical (unpaired) electrons. The van der Waals surface area contributed by atoms with Gasteiger partial charge >= 0.3 is 0 Å². The van der Waals surface area contributed by atoms with Gasteiger partial charge in [0.25, 0.3) is 0 Å². The van der Waals surface area contributed by atoms with Gasteiger partial charge in [-0.15, -0.1) is 0 Å². The van der Waals surface area contributed by atoms with Crippen molar-refractivity contribution in [2.75, 3.05) is 0 Å². The number of hydrogen-bond acceptors (Lipinski definition) is 2. The zero-order valence-electron chi connectivity index (χ0n) is 16.9. The van der Waals surface area contributed by atoms with Crippen molar-refractivity contribution in [2.24, 2.45) is 0 Å². The van der Waals surface area contributed by atoms with Gasteiger partial charge in [0.05, 0.1) is 6.04 Å². The summed E-state index contributed by atoms with van der Waals surface area (Å²) in [4.78, 5) is 0. The lowest BCUT2D eigenvalue weighted by Gasteiger charge is -2.24. The van der Waals surface area contributed by atoms with E-state index in [0.29, 0.717) is 12.3 Å². The summed E-state index contributed by atoms with van der Waals surface area (Å²) in [7, 11) is 0. The molecule has 0 aliphatic carbocycles. The molecule has 0 aliphatic heterocycles. The Labute approximate surface area is 190 Å². The lowest BCUT2D eigenvalue weighted by Crippen LogP contribution is -2.22. The minimum Gasteiger partial charge on any atom is -0.508 e. The van der Waals surface area contributed by atoms with Gasteiger partial charge in [0.15, 0.2) is 0 Å². The first kappa shape index (κ1) is 19.8. The van der Waals surface area contributed by atoms with Gasteiger partial charge in [-0.3, -0.25) is 0 Å². The first-order chi connectivity index (χ1) is 15.2. The van der Waals surface area contributed by atoms with Crippen molar-refractivity contribution >= 4 is 37.5 Å². The minimum absolute atomic E-state index is 0.170. The lowest BCUT2D eigenvalue weighted by molar-refractivity contribution is 0.459. The van der Waals surface area contributed by atoms with Gasteiger partial charge in [-0.05, 0) is 50.9 Å². The molecule has 0 heterocycles. The van der Waals surface area contributed by atoms with E-state index in [2.05, 4.69) is 100 Å². The van der Waals surface area contributed by atoms with Crippen LogP contribution in [0.1, 0.15) is 22.7 Å². The summed E-state index contributed by atoms with van der Waals surface area (Å²) in [6.45, 7) is 0.696. The number of benzene rings is 5. The van der Waals surface area contributed by atoms with E-state index in [-0.39, 0.29) is 6.04 Å². The molecule has 0 saturated carbocycles. The van der Waals surface area contributed by atoms with E-state index in [9.17, 15) is 5.11 Å². The molecule has 1 atom stereocenters. The van der Waals surface area contributed by atoms with Crippen LogP contribution >= 0.6 is 15.9 Å². The standard InChI is InChI=1S/C28H22BrNO/c29-22-14-15-24-21(17-22)13-16-26(31)27(24)28(30-18-19-7-2-1-3-8-19)25-12-6-10-20-9-4-5-11-23(20)25/h1-17,28,30-31H,18H2. The summed E-state index contributed by atoms with van der Waals surface area (Å²) in [5, 5.41) is 19.3. The first-order valence-electron chi connectivity index (χ1n) is 10.4. The molecule has 152 valence electrons. The van der Waals surface area contributed by atoms with Gasteiger partial charge in [-0.2, -0.15) is 0 Å². The normalized spacial score (nSPS) is 12.3. The predicted octanol–water partition coefficient (Wildman–Crippen LogP) is 7.34. The van der Waals surface area contributed by atoms with Crippen molar-refractivity contribution < 1.29 is 5.11 Å². The van der Waals surface area contributed by atoms with Crippen LogP contribution in [-0.2, 0) is 6.54 Å². The third-order valence-electron chi connectivity index (χ3n) is 5.78. The maximum Gasteiger partial charge on any atom is 0.121 e. The fraction of sp³-hybridized carbons (Fsp3) is 0.0714. The molecule has 3 heteroatoms. The van der Waals surface area contributed by atoms with Crippen LogP contribution in [0, 0.1) is 0 Å². The quantitative estimate of drug-likeness (QED) is 0.283. The number of halogens is 1. The Bertz CT molecular complexity index is 1360. The number of phenols is 1. The smallest absolute Gasteiger partial charge is 0.121 e. The molecule has 0 bridgehead atoms. The van der Waals surface area contributed by atoms with E-state index in [4.69, 9.17) is 0 Å². The van der Waals surface area contributed by atoms with E-state index < -0.39 is 0 Å². The number of phenolic OH excluding ortho intramolecular Hbond substituents is 1. The summed E-state index contributed by atoms with van der Waals surface area (Å²) in [6.07, 6.45) is 0. The molecule has 0 aromatic heterocycles. The first-order valence-corrected chi connectivity index (χ1v) is 11.2. The third kappa shape index (κ3) is 3.95. The zero-order chi connectivity index (χ0) is 21.2. The molecular formula is C28H22BrNO. The largest absolute Gasteiger partial charge is 0.508 e. The molecule has 2 N–H and O–H groups in total. The number of fused-ring (bicyclic) bond motifs is 2. The van der Waals surface area contributed by atoms with Gasteiger partial charge in [0.2, 0.25) is 0 Å².